The lowest BCUT2D eigenvalue weighted by Gasteiger charge is -2.25. The van der Waals surface area contributed by atoms with E-state index in [4.69, 9.17) is 4.74 Å². The number of hydrogen-bond acceptors (Lipinski definition) is 3. The summed E-state index contributed by atoms with van der Waals surface area (Å²) in [5, 5.41) is 4.15. The topological polar surface area (TPSA) is 30.3 Å². The van der Waals surface area contributed by atoms with E-state index in [1.807, 2.05) is 23.1 Å². The Morgan fingerprint density at radius 1 is 1.38 bits per heavy atom. The molecule has 0 N–H and O–H groups in total. The fraction of sp³-hybridized carbons (Fsp3) is 0.556. The van der Waals surface area contributed by atoms with Gasteiger partial charge in [0.15, 0.2) is 0 Å². The second-order valence-electron chi connectivity index (χ2n) is 3.06. The van der Waals surface area contributed by atoms with Crippen molar-refractivity contribution in [3.05, 3.63) is 25.0 Å². The standard InChI is InChI=1S/C9H14N3O/c1-2-10-12(3-1)5-4-11-6-8-13-9-7-11/h1-3,6H,4-5,7-9H2. The Hall–Kier alpha value is -0.870. The van der Waals surface area contributed by atoms with E-state index in [9.17, 15) is 0 Å². The molecule has 1 saturated heterocycles. The molecule has 4 nitrogen and oxygen atoms in total. The predicted molar refractivity (Wildman–Crippen MR) is 48.9 cm³/mol. The third kappa shape index (κ3) is 2.54. The monoisotopic (exact) mass is 180 g/mol. The van der Waals surface area contributed by atoms with E-state index < -0.39 is 0 Å². The molecule has 0 saturated carbocycles. The minimum atomic E-state index is 0.749. The second kappa shape index (κ2) is 4.39. The summed E-state index contributed by atoms with van der Waals surface area (Å²) in [6.07, 6.45) is 3.80. The Morgan fingerprint density at radius 2 is 2.38 bits per heavy atom. The number of rotatable bonds is 3. The molecule has 0 amide bonds. The summed E-state index contributed by atoms with van der Waals surface area (Å²) in [4.78, 5) is 2.28. The van der Waals surface area contributed by atoms with Crippen LogP contribution in [0.1, 0.15) is 0 Å². The van der Waals surface area contributed by atoms with Crippen LogP contribution in [-0.2, 0) is 11.3 Å². The number of aromatic nitrogens is 2. The average Bonchev–Trinajstić information content (AvgIpc) is 2.69. The van der Waals surface area contributed by atoms with Gasteiger partial charge in [0.05, 0.1) is 26.3 Å². The van der Waals surface area contributed by atoms with Gasteiger partial charge in [0, 0.05) is 25.5 Å². The van der Waals surface area contributed by atoms with Gasteiger partial charge in [0.2, 0.25) is 0 Å². The molecule has 0 unspecified atom stereocenters. The Bertz CT molecular complexity index is 229. The van der Waals surface area contributed by atoms with Crippen molar-refractivity contribution >= 4 is 0 Å². The molecule has 4 heteroatoms. The number of ether oxygens (including phenoxy) is 1. The number of nitrogens with zero attached hydrogens (tertiary/aromatic N) is 3. The predicted octanol–water partition coefficient (Wildman–Crippen LogP) is 0.377. The maximum absolute atomic E-state index is 5.22. The molecule has 1 aromatic heterocycles. The van der Waals surface area contributed by atoms with Crippen molar-refractivity contribution in [2.24, 2.45) is 0 Å². The van der Waals surface area contributed by atoms with Crippen molar-refractivity contribution in [1.29, 1.82) is 0 Å². The minimum absolute atomic E-state index is 0.749. The van der Waals surface area contributed by atoms with Crippen molar-refractivity contribution in [3.8, 4) is 0 Å². The summed E-state index contributed by atoms with van der Waals surface area (Å²) in [7, 11) is 0. The van der Waals surface area contributed by atoms with E-state index >= 15 is 0 Å². The van der Waals surface area contributed by atoms with E-state index in [2.05, 4.69) is 16.5 Å². The Balaban J connectivity index is 1.72. The van der Waals surface area contributed by atoms with Gasteiger partial charge in [-0.15, -0.1) is 0 Å². The van der Waals surface area contributed by atoms with Gasteiger partial charge in [-0.05, 0) is 6.07 Å². The van der Waals surface area contributed by atoms with Crippen LogP contribution in [0, 0.1) is 6.54 Å². The van der Waals surface area contributed by atoms with E-state index in [1.165, 1.54) is 0 Å². The lowest BCUT2D eigenvalue weighted by atomic mass is 10.4. The fourth-order valence-electron chi connectivity index (χ4n) is 1.38. The molecule has 1 aliphatic rings. The minimum Gasteiger partial charge on any atom is -0.378 e. The fourth-order valence-corrected chi connectivity index (χ4v) is 1.38. The van der Waals surface area contributed by atoms with Gasteiger partial charge >= 0.3 is 0 Å². The summed E-state index contributed by atoms with van der Waals surface area (Å²) in [5.41, 5.74) is 0. The molecule has 2 rings (SSSR count). The van der Waals surface area contributed by atoms with Crippen LogP contribution in [0.3, 0.4) is 0 Å². The largest absolute Gasteiger partial charge is 0.378 e. The summed E-state index contributed by atoms with van der Waals surface area (Å²) in [6, 6.07) is 1.95. The van der Waals surface area contributed by atoms with Crippen molar-refractivity contribution in [1.82, 2.24) is 14.7 Å². The molecule has 1 radical (unpaired) electrons. The van der Waals surface area contributed by atoms with Gasteiger partial charge < -0.3 is 4.74 Å². The van der Waals surface area contributed by atoms with E-state index in [0.717, 1.165) is 32.8 Å². The maximum atomic E-state index is 5.22. The van der Waals surface area contributed by atoms with Crippen LogP contribution in [0.2, 0.25) is 0 Å². The molecule has 1 aromatic rings. The quantitative estimate of drug-likeness (QED) is 0.673. The van der Waals surface area contributed by atoms with Crippen LogP contribution in [0.5, 0.6) is 0 Å². The van der Waals surface area contributed by atoms with Gasteiger partial charge in [-0.3, -0.25) is 9.58 Å². The molecule has 1 aliphatic heterocycles. The zero-order chi connectivity index (χ0) is 8.93. The third-order valence-corrected chi connectivity index (χ3v) is 2.15. The van der Waals surface area contributed by atoms with Gasteiger partial charge in [-0.1, -0.05) is 0 Å². The van der Waals surface area contributed by atoms with Gasteiger partial charge in [0.1, 0.15) is 0 Å². The molecule has 1 fully saturated rings. The van der Waals surface area contributed by atoms with E-state index in [1.54, 1.807) is 0 Å². The summed E-state index contributed by atoms with van der Waals surface area (Å²) >= 11 is 0. The lowest BCUT2D eigenvalue weighted by molar-refractivity contribution is 0.0660. The van der Waals surface area contributed by atoms with Crippen LogP contribution < -0.4 is 0 Å². The summed E-state index contributed by atoms with van der Waals surface area (Å²) in [6.45, 7) is 6.66. The summed E-state index contributed by atoms with van der Waals surface area (Å²) < 4.78 is 7.16. The highest BCUT2D eigenvalue weighted by Crippen LogP contribution is 2.00. The average molecular weight is 180 g/mol. The molecule has 0 bridgehead atoms. The molecule has 0 atom stereocenters. The Morgan fingerprint density at radius 3 is 3.08 bits per heavy atom. The van der Waals surface area contributed by atoms with E-state index in [0.29, 0.717) is 0 Å². The maximum Gasteiger partial charge on any atom is 0.0638 e. The number of morpholine rings is 1. The molecule has 71 valence electrons. The van der Waals surface area contributed by atoms with Gasteiger partial charge in [-0.25, -0.2) is 0 Å². The first-order valence-corrected chi connectivity index (χ1v) is 4.58. The van der Waals surface area contributed by atoms with Gasteiger partial charge in [0.25, 0.3) is 0 Å². The highest BCUT2D eigenvalue weighted by molar-refractivity contribution is 4.79. The Labute approximate surface area is 78.1 Å². The van der Waals surface area contributed by atoms with E-state index in [-0.39, 0.29) is 0 Å². The number of hydrogen-bond donors (Lipinski definition) is 0. The van der Waals surface area contributed by atoms with Crippen molar-refractivity contribution in [2.75, 3.05) is 26.3 Å². The molecule has 0 aliphatic carbocycles. The zero-order valence-electron chi connectivity index (χ0n) is 7.59. The van der Waals surface area contributed by atoms with Crippen LogP contribution in [0.25, 0.3) is 0 Å². The third-order valence-electron chi connectivity index (χ3n) is 2.15. The van der Waals surface area contributed by atoms with Crippen molar-refractivity contribution < 1.29 is 4.74 Å². The molecule has 13 heavy (non-hydrogen) atoms. The lowest BCUT2D eigenvalue weighted by Crippen LogP contribution is -2.34. The highest BCUT2D eigenvalue weighted by Gasteiger charge is 2.09. The smallest absolute Gasteiger partial charge is 0.0638 e. The first kappa shape index (κ1) is 8.72. The molecular weight excluding hydrogens is 166 g/mol. The summed E-state index contributed by atoms with van der Waals surface area (Å²) in [5.74, 6) is 0. The van der Waals surface area contributed by atoms with Gasteiger partial charge in [-0.2, -0.15) is 5.10 Å². The second-order valence-corrected chi connectivity index (χ2v) is 3.06. The molecule has 0 spiro atoms. The first-order valence-electron chi connectivity index (χ1n) is 4.58. The zero-order valence-corrected chi connectivity index (χ0v) is 7.59. The van der Waals surface area contributed by atoms with Crippen molar-refractivity contribution in [2.45, 2.75) is 6.54 Å². The van der Waals surface area contributed by atoms with Crippen molar-refractivity contribution in [3.63, 3.8) is 0 Å². The Kier molecular flexibility index (Phi) is 2.94. The first-order chi connectivity index (χ1) is 6.45. The van der Waals surface area contributed by atoms with Crippen LogP contribution >= 0.6 is 0 Å². The molecule has 2 heterocycles. The normalized spacial score (nSPS) is 19.1. The van der Waals surface area contributed by atoms with Crippen LogP contribution in [0.15, 0.2) is 18.5 Å². The van der Waals surface area contributed by atoms with Crippen LogP contribution in [-0.4, -0.2) is 41.0 Å². The SMILES string of the molecule is [CH]1COCCN1CCn1cccn1. The molecule has 0 aromatic carbocycles. The molecular formula is C9H14N3O. The highest BCUT2D eigenvalue weighted by atomic mass is 16.5. The van der Waals surface area contributed by atoms with Crippen LogP contribution in [0.4, 0.5) is 0 Å².